The molecule has 0 spiro atoms. The van der Waals surface area contributed by atoms with Crippen LogP contribution in [-0.2, 0) is 17.8 Å². The summed E-state index contributed by atoms with van der Waals surface area (Å²) in [5.74, 6) is -0.0346. The number of hydrogen-bond donors (Lipinski definition) is 1. The number of benzene rings is 2. The van der Waals surface area contributed by atoms with Crippen LogP contribution in [0.25, 0.3) is 11.1 Å². The third kappa shape index (κ3) is 3.87. The molecule has 0 fully saturated rings. The number of hydrogen-bond acceptors (Lipinski definition) is 1. The monoisotopic (exact) mass is 317 g/mol. The smallest absolute Gasteiger partial charge is 0.290 e. The molecule has 1 N–H and O–H groups in total. The Labute approximate surface area is 142 Å². The van der Waals surface area contributed by atoms with E-state index in [0.29, 0.717) is 6.54 Å². The SMILES string of the molecule is CCc1cc[n+](CC(=O)Nc2ccccc2-c2ccccc2)cc1. The van der Waals surface area contributed by atoms with Crippen LogP contribution in [0.3, 0.4) is 0 Å². The molecule has 0 saturated heterocycles. The lowest BCUT2D eigenvalue weighted by Crippen LogP contribution is -2.39. The van der Waals surface area contributed by atoms with Gasteiger partial charge in [-0.05, 0) is 23.6 Å². The fraction of sp³-hybridized carbons (Fsp3) is 0.143. The fourth-order valence-corrected chi connectivity index (χ4v) is 2.65. The highest BCUT2D eigenvalue weighted by molar-refractivity contribution is 5.94. The summed E-state index contributed by atoms with van der Waals surface area (Å²) in [6.45, 7) is 2.42. The van der Waals surface area contributed by atoms with Gasteiger partial charge < -0.3 is 5.32 Å². The number of pyridine rings is 1. The molecule has 0 saturated carbocycles. The molecule has 3 heteroatoms. The van der Waals surface area contributed by atoms with Crippen molar-refractivity contribution < 1.29 is 9.36 Å². The van der Waals surface area contributed by atoms with E-state index in [1.807, 2.05) is 83.7 Å². The molecular weight excluding hydrogens is 296 g/mol. The Balaban J connectivity index is 1.75. The van der Waals surface area contributed by atoms with Crippen LogP contribution in [0.5, 0.6) is 0 Å². The van der Waals surface area contributed by atoms with Crippen molar-refractivity contribution in [1.29, 1.82) is 0 Å². The Bertz CT molecular complexity index is 811. The molecule has 3 rings (SSSR count). The zero-order valence-corrected chi connectivity index (χ0v) is 13.8. The summed E-state index contributed by atoms with van der Waals surface area (Å²) in [5.41, 5.74) is 4.21. The van der Waals surface area contributed by atoms with E-state index in [4.69, 9.17) is 0 Å². The third-order valence-electron chi connectivity index (χ3n) is 3.98. The van der Waals surface area contributed by atoms with Crippen LogP contribution in [0, 0.1) is 0 Å². The van der Waals surface area contributed by atoms with E-state index < -0.39 is 0 Å². The van der Waals surface area contributed by atoms with Crippen molar-refractivity contribution in [2.24, 2.45) is 0 Å². The molecule has 24 heavy (non-hydrogen) atoms. The van der Waals surface area contributed by atoms with Crippen LogP contribution in [-0.4, -0.2) is 5.91 Å². The van der Waals surface area contributed by atoms with E-state index in [-0.39, 0.29) is 5.91 Å². The normalized spacial score (nSPS) is 10.4. The standard InChI is InChI=1S/C21H20N2O/c1-2-17-12-14-23(15-13-17)16-21(24)22-20-11-7-6-10-19(20)18-8-4-3-5-9-18/h3-15H,2,16H2,1H3/p+1. The van der Waals surface area contributed by atoms with Crippen molar-refractivity contribution in [3.8, 4) is 11.1 Å². The third-order valence-corrected chi connectivity index (χ3v) is 3.98. The van der Waals surface area contributed by atoms with Gasteiger partial charge in [-0.1, -0.05) is 55.5 Å². The number of carbonyl (C=O) groups is 1. The van der Waals surface area contributed by atoms with Crippen molar-refractivity contribution >= 4 is 11.6 Å². The number of aryl methyl sites for hydroxylation is 1. The summed E-state index contributed by atoms with van der Waals surface area (Å²) in [7, 11) is 0. The Kier molecular flexibility index (Phi) is 5.02. The van der Waals surface area contributed by atoms with Crippen LogP contribution in [0.4, 0.5) is 5.69 Å². The topological polar surface area (TPSA) is 33.0 Å². The zero-order chi connectivity index (χ0) is 16.8. The molecule has 1 aromatic heterocycles. The molecule has 1 heterocycles. The number of nitrogens with one attached hydrogen (secondary N) is 1. The molecular formula is C21H21N2O+. The quantitative estimate of drug-likeness (QED) is 0.713. The van der Waals surface area contributed by atoms with E-state index in [1.165, 1.54) is 5.56 Å². The number of amides is 1. The van der Waals surface area contributed by atoms with Crippen molar-refractivity contribution in [2.75, 3.05) is 5.32 Å². The first-order chi connectivity index (χ1) is 11.8. The van der Waals surface area contributed by atoms with Gasteiger partial charge in [-0.25, -0.2) is 0 Å². The number of carbonyl (C=O) groups excluding carboxylic acids is 1. The molecule has 0 aliphatic carbocycles. The summed E-state index contributed by atoms with van der Waals surface area (Å²) in [5, 5.41) is 3.03. The van der Waals surface area contributed by atoms with Gasteiger partial charge >= 0.3 is 0 Å². The number of anilines is 1. The van der Waals surface area contributed by atoms with Gasteiger partial charge in [0.1, 0.15) is 0 Å². The molecule has 3 nitrogen and oxygen atoms in total. The van der Waals surface area contributed by atoms with Crippen molar-refractivity contribution in [2.45, 2.75) is 19.9 Å². The molecule has 3 aromatic rings. The van der Waals surface area contributed by atoms with Crippen LogP contribution < -0.4 is 9.88 Å². The molecule has 0 radical (unpaired) electrons. The maximum absolute atomic E-state index is 12.4. The number of aromatic nitrogens is 1. The first-order valence-corrected chi connectivity index (χ1v) is 8.18. The van der Waals surface area contributed by atoms with E-state index in [2.05, 4.69) is 12.2 Å². The Morgan fingerprint density at radius 2 is 1.58 bits per heavy atom. The van der Waals surface area contributed by atoms with E-state index in [0.717, 1.165) is 23.2 Å². The van der Waals surface area contributed by atoms with Crippen molar-refractivity contribution in [3.05, 3.63) is 84.7 Å². The molecule has 0 unspecified atom stereocenters. The number of para-hydroxylation sites is 1. The van der Waals surface area contributed by atoms with E-state index in [1.54, 1.807) is 0 Å². The molecule has 0 atom stereocenters. The maximum Gasteiger partial charge on any atom is 0.290 e. The largest absolute Gasteiger partial charge is 0.320 e. The Morgan fingerprint density at radius 1 is 0.917 bits per heavy atom. The van der Waals surface area contributed by atoms with E-state index in [9.17, 15) is 4.79 Å². The van der Waals surface area contributed by atoms with Crippen LogP contribution >= 0.6 is 0 Å². The molecule has 0 aliphatic heterocycles. The van der Waals surface area contributed by atoms with Gasteiger partial charge in [0.25, 0.3) is 5.91 Å². The van der Waals surface area contributed by atoms with Gasteiger partial charge in [-0.2, -0.15) is 4.57 Å². The minimum Gasteiger partial charge on any atom is -0.320 e. The predicted octanol–water partition coefficient (Wildman–Crippen LogP) is 3.84. The van der Waals surface area contributed by atoms with Gasteiger partial charge in [0.2, 0.25) is 6.54 Å². The summed E-state index contributed by atoms with van der Waals surface area (Å²) < 4.78 is 1.89. The second-order valence-electron chi connectivity index (χ2n) is 5.69. The average molecular weight is 317 g/mol. The Morgan fingerprint density at radius 3 is 2.29 bits per heavy atom. The molecule has 0 bridgehead atoms. The summed E-state index contributed by atoms with van der Waals surface area (Å²) in [6, 6.07) is 22.0. The van der Waals surface area contributed by atoms with Crippen molar-refractivity contribution in [3.63, 3.8) is 0 Å². The predicted molar refractivity (Wildman–Crippen MR) is 96.5 cm³/mol. The molecule has 2 aromatic carbocycles. The lowest BCUT2D eigenvalue weighted by atomic mass is 10.0. The van der Waals surface area contributed by atoms with Gasteiger partial charge in [0, 0.05) is 23.4 Å². The molecule has 120 valence electrons. The number of rotatable bonds is 5. The van der Waals surface area contributed by atoms with Gasteiger partial charge in [0.05, 0.1) is 0 Å². The Hall–Kier alpha value is -2.94. The highest BCUT2D eigenvalue weighted by Crippen LogP contribution is 2.27. The van der Waals surface area contributed by atoms with Crippen molar-refractivity contribution in [1.82, 2.24) is 0 Å². The lowest BCUT2D eigenvalue weighted by Gasteiger charge is -2.10. The van der Waals surface area contributed by atoms with Gasteiger partial charge in [-0.15, -0.1) is 0 Å². The highest BCUT2D eigenvalue weighted by atomic mass is 16.1. The highest BCUT2D eigenvalue weighted by Gasteiger charge is 2.12. The molecule has 1 amide bonds. The minimum absolute atomic E-state index is 0.0346. The second kappa shape index (κ2) is 7.55. The van der Waals surface area contributed by atoms with E-state index >= 15 is 0 Å². The fourth-order valence-electron chi connectivity index (χ4n) is 2.65. The summed E-state index contributed by atoms with van der Waals surface area (Å²) >= 11 is 0. The van der Waals surface area contributed by atoms with Gasteiger partial charge in [-0.3, -0.25) is 4.79 Å². The average Bonchev–Trinajstić information content (AvgIpc) is 2.63. The van der Waals surface area contributed by atoms with Gasteiger partial charge in [0.15, 0.2) is 12.4 Å². The summed E-state index contributed by atoms with van der Waals surface area (Å²) in [4.78, 5) is 12.4. The van der Waals surface area contributed by atoms with Crippen LogP contribution in [0.2, 0.25) is 0 Å². The zero-order valence-electron chi connectivity index (χ0n) is 13.8. The minimum atomic E-state index is -0.0346. The first-order valence-electron chi connectivity index (χ1n) is 8.18. The van der Waals surface area contributed by atoms with Crippen LogP contribution in [0.1, 0.15) is 12.5 Å². The number of nitrogens with zero attached hydrogens (tertiary/aromatic N) is 1. The summed E-state index contributed by atoms with van der Waals surface area (Å²) in [6.07, 6.45) is 4.89. The molecule has 0 aliphatic rings. The van der Waals surface area contributed by atoms with Crippen LogP contribution in [0.15, 0.2) is 79.1 Å². The first kappa shape index (κ1) is 15.9. The maximum atomic E-state index is 12.4. The second-order valence-corrected chi connectivity index (χ2v) is 5.69. The lowest BCUT2D eigenvalue weighted by molar-refractivity contribution is -0.684.